The summed E-state index contributed by atoms with van der Waals surface area (Å²) in [6, 6.07) is 4.35. The molecular formula is C9H12O5S. The zero-order valence-electron chi connectivity index (χ0n) is 8.17. The smallest absolute Gasteiger partial charge is 0.298 e. The van der Waals surface area contributed by atoms with Gasteiger partial charge >= 0.3 is 0 Å². The van der Waals surface area contributed by atoms with Gasteiger partial charge in [0.2, 0.25) is 0 Å². The minimum atomic E-state index is -4.29. The van der Waals surface area contributed by atoms with Gasteiger partial charge in [0, 0.05) is 6.61 Å². The summed E-state index contributed by atoms with van der Waals surface area (Å²) in [5, 5.41) is 8.70. The molecule has 15 heavy (non-hydrogen) atoms. The molecule has 1 aromatic carbocycles. The lowest BCUT2D eigenvalue weighted by Crippen LogP contribution is -2.03. The van der Waals surface area contributed by atoms with Gasteiger partial charge in [-0.25, -0.2) is 0 Å². The molecule has 0 aliphatic carbocycles. The molecule has 0 spiro atoms. The Kier molecular flexibility index (Phi) is 3.67. The van der Waals surface area contributed by atoms with Crippen molar-refractivity contribution in [3.8, 4) is 5.75 Å². The van der Waals surface area contributed by atoms with E-state index in [1.807, 2.05) is 0 Å². The van der Waals surface area contributed by atoms with Crippen LogP contribution in [0.3, 0.4) is 0 Å². The number of ether oxygens (including phenoxy) is 1. The number of hydrogen-bond donors (Lipinski definition) is 2. The molecule has 0 aliphatic rings. The Bertz CT molecular complexity index is 438. The van der Waals surface area contributed by atoms with E-state index in [1.165, 1.54) is 19.2 Å². The lowest BCUT2D eigenvalue weighted by atomic mass is 10.1. The van der Waals surface area contributed by atoms with E-state index >= 15 is 0 Å². The molecular weight excluding hydrogens is 220 g/mol. The summed E-state index contributed by atoms with van der Waals surface area (Å²) in [6.07, 6.45) is 0.326. The summed E-state index contributed by atoms with van der Waals surface area (Å²) in [5.74, 6) is 0.0826. The van der Waals surface area contributed by atoms with E-state index in [0.29, 0.717) is 12.0 Å². The molecule has 0 aromatic heterocycles. The molecule has 0 heterocycles. The quantitative estimate of drug-likeness (QED) is 0.737. The van der Waals surface area contributed by atoms with Crippen LogP contribution in [0.1, 0.15) is 5.56 Å². The predicted octanol–water partition coefficient (Wildman–Crippen LogP) is 0.477. The highest BCUT2D eigenvalue weighted by molar-refractivity contribution is 7.86. The molecule has 2 N–H and O–H groups in total. The number of hydrogen-bond acceptors (Lipinski definition) is 4. The van der Waals surface area contributed by atoms with E-state index in [2.05, 4.69) is 0 Å². The minimum absolute atomic E-state index is 0.0826. The van der Waals surface area contributed by atoms with Crippen molar-refractivity contribution in [2.24, 2.45) is 0 Å². The van der Waals surface area contributed by atoms with Gasteiger partial charge in [-0.2, -0.15) is 8.42 Å². The fourth-order valence-corrected chi connectivity index (χ4v) is 1.91. The standard InChI is InChI=1S/C9H12O5S/c1-14-8-3-2-7(4-5-10)6-9(8)15(11,12)13/h2-3,6,10H,4-5H2,1H3,(H,11,12,13). The highest BCUT2D eigenvalue weighted by atomic mass is 32.2. The molecule has 0 fully saturated rings. The maximum absolute atomic E-state index is 11.0. The van der Waals surface area contributed by atoms with Gasteiger partial charge in [0.15, 0.2) is 0 Å². The highest BCUT2D eigenvalue weighted by Crippen LogP contribution is 2.24. The van der Waals surface area contributed by atoms with Gasteiger partial charge in [-0.1, -0.05) is 6.07 Å². The molecule has 0 radical (unpaired) electrons. The van der Waals surface area contributed by atoms with E-state index < -0.39 is 10.1 Å². The van der Waals surface area contributed by atoms with Gasteiger partial charge in [-0.3, -0.25) is 4.55 Å². The topological polar surface area (TPSA) is 83.8 Å². The molecule has 0 atom stereocenters. The lowest BCUT2D eigenvalue weighted by Gasteiger charge is -2.07. The van der Waals surface area contributed by atoms with Crippen LogP contribution in [0.5, 0.6) is 5.75 Å². The van der Waals surface area contributed by atoms with Crippen LogP contribution < -0.4 is 4.74 Å². The average Bonchev–Trinajstić information content (AvgIpc) is 2.17. The molecule has 0 saturated carbocycles. The second-order valence-corrected chi connectivity index (χ2v) is 4.32. The predicted molar refractivity (Wildman–Crippen MR) is 53.6 cm³/mol. The Morgan fingerprint density at radius 3 is 2.53 bits per heavy atom. The fourth-order valence-electron chi connectivity index (χ4n) is 1.21. The normalized spacial score (nSPS) is 11.4. The van der Waals surface area contributed by atoms with Crippen LogP contribution in [0.4, 0.5) is 0 Å². The van der Waals surface area contributed by atoms with Crippen LogP contribution in [0.2, 0.25) is 0 Å². The first-order chi connectivity index (χ1) is 6.99. The Morgan fingerprint density at radius 2 is 2.07 bits per heavy atom. The zero-order chi connectivity index (χ0) is 11.5. The Balaban J connectivity index is 3.26. The Labute approximate surface area is 88.1 Å². The van der Waals surface area contributed by atoms with Crippen LogP contribution in [0, 0.1) is 0 Å². The summed E-state index contributed by atoms with van der Waals surface area (Å²) >= 11 is 0. The second-order valence-electron chi connectivity index (χ2n) is 2.93. The van der Waals surface area contributed by atoms with Crippen molar-refractivity contribution in [2.45, 2.75) is 11.3 Å². The third kappa shape index (κ3) is 2.92. The molecule has 0 bridgehead atoms. The minimum Gasteiger partial charge on any atom is -0.495 e. The molecule has 1 aromatic rings. The van der Waals surface area contributed by atoms with Gasteiger partial charge in [0.25, 0.3) is 10.1 Å². The van der Waals surface area contributed by atoms with Crippen LogP contribution in [-0.4, -0.2) is 31.8 Å². The van der Waals surface area contributed by atoms with Crippen molar-refractivity contribution < 1.29 is 22.8 Å². The summed E-state index contributed by atoms with van der Waals surface area (Å²) < 4.78 is 35.7. The summed E-state index contributed by atoms with van der Waals surface area (Å²) in [5.41, 5.74) is 0.617. The average molecular weight is 232 g/mol. The van der Waals surface area contributed by atoms with E-state index in [-0.39, 0.29) is 17.3 Å². The monoisotopic (exact) mass is 232 g/mol. The highest BCUT2D eigenvalue weighted by Gasteiger charge is 2.16. The van der Waals surface area contributed by atoms with Crippen molar-refractivity contribution in [3.05, 3.63) is 23.8 Å². The molecule has 6 heteroatoms. The summed E-state index contributed by atoms with van der Waals surface area (Å²) in [6.45, 7) is -0.0861. The van der Waals surface area contributed by atoms with E-state index in [9.17, 15) is 8.42 Å². The van der Waals surface area contributed by atoms with Crippen LogP contribution in [-0.2, 0) is 16.5 Å². The molecule has 1 rings (SSSR count). The summed E-state index contributed by atoms with van der Waals surface area (Å²) in [7, 11) is -2.98. The van der Waals surface area contributed by atoms with Gasteiger partial charge in [0.05, 0.1) is 7.11 Å². The maximum Gasteiger partial charge on any atom is 0.298 e. The van der Waals surface area contributed by atoms with Crippen molar-refractivity contribution in [1.82, 2.24) is 0 Å². The molecule has 5 nitrogen and oxygen atoms in total. The van der Waals surface area contributed by atoms with Crippen molar-refractivity contribution >= 4 is 10.1 Å². The first kappa shape index (κ1) is 12.0. The molecule has 0 aliphatic heterocycles. The SMILES string of the molecule is COc1ccc(CCO)cc1S(=O)(=O)O. The molecule has 0 unspecified atom stereocenters. The first-order valence-corrected chi connectivity index (χ1v) is 5.68. The maximum atomic E-state index is 11.0. The number of aliphatic hydroxyl groups is 1. The number of benzene rings is 1. The van der Waals surface area contributed by atoms with E-state index in [1.54, 1.807) is 6.07 Å². The molecule has 0 saturated heterocycles. The van der Waals surface area contributed by atoms with Gasteiger partial charge in [0.1, 0.15) is 10.6 Å². The summed E-state index contributed by atoms with van der Waals surface area (Å²) in [4.78, 5) is -0.282. The van der Waals surface area contributed by atoms with Crippen molar-refractivity contribution in [2.75, 3.05) is 13.7 Å². The number of aliphatic hydroxyl groups excluding tert-OH is 1. The Morgan fingerprint density at radius 1 is 1.40 bits per heavy atom. The largest absolute Gasteiger partial charge is 0.495 e. The Hall–Kier alpha value is -1.11. The van der Waals surface area contributed by atoms with Gasteiger partial charge < -0.3 is 9.84 Å². The van der Waals surface area contributed by atoms with Gasteiger partial charge in [-0.15, -0.1) is 0 Å². The third-order valence-electron chi connectivity index (χ3n) is 1.91. The lowest BCUT2D eigenvalue weighted by molar-refractivity contribution is 0.299. The van der Waals surface area contributed by atoms with Crippen LogP contribution >= 0.6 is 0 Å². The van der Waals surface area contributed by atoms with E-state index in [4.69, 9.17) is 14.4 Å². The first-order valence-electron chi connectivity index (χ1n) is 4.24. The third-order valence-corrected chi connectivity index (χ3v) is 2.78. The fraction of sp³-hybridized carbons (Fsp3) is 0.333. The van der Waals surface area contributed by atoms with Crippen molar-refractivity contribution in [3.63, 3.8) is 0 Å². The number of methoxy groups -OCH3 is 1. The van der Waals surface area contributed by atoms with Crippen LogP contribution in [0.25, 0.3) is 0 Å². The van der Waals surface area contributed by atoms with Gasteiger partial charge in [-0.05, 0) is 24.1 Å². The van der Waals surface area contributed by atoms with E-state index in [0.717, 1.165) is 0 Å². The molecule has 84 valence electrons. The number of rotatable bonds is 4. The van der Waals surface area contributed by atoms with Crippen LogP contribution in [0.15, 0.2) is 23.1 Å². The van der Waals surface area contributed by atoms with Crippen molar-refractivity contribution in [1.29, 1.82) is 0 Å². The zero-order valence-corrected chi connectivity index (χ0v) is 8.99. The second kappa shape index (κ2) is 4.61. The molecule has 0 amide bonds.